The number of hydrogen-bond donors (Lipinski definition) is 1. The minimum atomic E-state index is -2.86. The van der Waals surface area contributed by atoms with E-state index >= 15 is 0 Å². The van der Waals surface area contributed by atoms with Gasteiger partial charge in [0, 0.05) is 56.1 Å². The van der Waals surface area contributed by atoms with E-state index in [0.29, 0.717) is 18.1 Å². The monoisotopic (exact) mass is 368 g/mol. The lowest BCUT2D eigenvalue weighted by molar-refractivity contribution is -0.0493. The van der Waals surface area contributed by atoms with Gasteiger partial charge < -0.3 is 15.4 Å². The molecule has 0 spiro atoms. The Morgan fingerprint density at radius 1 is 1.12 bits per heavy atom. The van der Waals surface area contributed by atoms with Gasteiger partial charge in [-0.15, -0.1) is 0 Å². The molecular weight excluding hydrogens is 338 g/mol. The van der Waals surface area contributed by atoms with Gasteiger partial charge in [-0.05, 0) is 45.9 Å². The minimum Gasteiger partial charge on any atom is -0.433 e. The number of nitrogen functional groups attached to an aromatic ring is 1. The quantitative estimate of drug-likeness (QED) is 0.828. The van der Waals surface area contributed by atoms with Crippen LogP contribution in [-0.2, 0) is 0 Å². The molecular formula is C19H30F2N4O. The molecule has 1 aromatic carbocycles. The summed E-state index contributed by atoms with van der Waals surface area (Å²) in [6.45, 7) is 5.77. The molecule has 0 aromatic heterocycles. The highest BCUT2D eigenvalue weighted by atomic mass is 19.3. The summed E-state index contributed by atoms with van der Waals surface area (Å²) < 4.78 is 29.6. The lowest BCUT2D eigenvalue weighted by atomic mass is 9.98. The molecule has 0 amide bonds. The van der Waals surface area contributed by atoms with Gasteiger partial charge in [0.15, 0.2) is 5.75 Å². The minimum absolute atomic E-state index is 0.0568. The summed E-state index contributed by atoms with van der Waals surface area (Å²) in [6, 6.07) is 6.89. The second-order valence-electron chi connectivity index (χ2n) is 7.64. The number of nitrogens with two attached hydrogens (primary N) is 1. The maximum Gasteiger partial charge on any atom is 0.387 e. The molecule has 0 aliphatic carbocycles. The molecule has 2 atom stereocenters. The number of piperazine rings is 1. The molecule has 2 aliphatic rings. The molecule has 146 valence electrons. The normalized spacial score (nSPS) is 26.5. The zero-order chi connectivity index (χ0) is 18.8. The van der Waals surface area contributed by atoms with E-state index < -0.39 is 6.61 Å². The van der Waals surface area contributed by atoms with Crippen molar-refractivity contribution in [1.82, 2.24) is 9.80 Å². The highest BCUT2D eigenvalue weighted by Crippen LogP contribution is 2.31. The molecule has 5 nitrogen and oxygen atoms in total. The number of hydrogen-bond acceptors (Lipinski definition) is 5. The summed E-state index contributed by atoms with van der Waals surface area (Å²) in [5.41, 5.74) is 6.87. The maximum absolute atomic E-state index is 12.5. The molecule has 0 bridgehead atoms. The third kappa shape index (κ3) is 4.20. The van der Waals surface area contributed by atoms with E-state index in [1.54, 1.807) is 12.1 Å². The van der Waals surface area contributed by atoms with Crippen LogP contribution in [0.2, 0.25) is 0 Å². The van der Waals surface area contributed by atoms with Crippen LogP contribution >= 0.6 is 0 Å². The van der Waals surface area contributed by atoms with Crippen LogP contribution in [0.25, 0.3) is 0 Å². The maximum atomic E-state index is 12.5. The fourth-order valence-electron chi connectivity index (χ4n) is 4.15. The first-order valence-corrected chi connectivity index (χ1v) is 9.40. The van der Waals surface area contributed by atoms with Crippen LogP contribution in [0.4, 0.5) is 20.2 Å². The fourth-order valence-corrected chi connectivity index (χ4v) is 4.15. The summed E-state index contributed by atoms with van der Waals surface area (Å²) in [6.07, 6.45) is 2.16. The molecule has 0 saturated carbocycles. The van der Waals surface area contributed by atoms with Crippen molar-refractivity contribution in [3.63, 3.8) is 0 Å². The van der Waals surface area contributed by atoms with Crippen LogP contribution in [0.1, 0.15) is 26.7 Å². The van der Waals surface area contributed by atoms with E-state index in [2.05, 4.69) is 40.3 Å². The van der Waals surface area contributed by atoms with Gasteiger partial charge >= 0.3 is 6.61 Å². The number of halogens is 2. The van der Waals surface area contributed by atoms with E-state index in [1.807, 2.05) is 6.07 Å². The predicted octanol–water partition coefficient (Wildman–Crippen LogP) is 2.86. The average molecular weight is 368 g/mol. The van der Waals surface area contributed by atoms with E-state index in [0.717, 1.165) is 44.7 Å². The SMILES string of the molecule is C[C@@H]1CN(C2CCN(c3ccc(N)c(OC(F)F)c3)CC2)C[C@@H](C)N1C. The summed E-state index contributed by atoms with van der Waals surface area (Å²) in [4.78, 5) is 7.31. The summed E-state index contributed by atoms with van der Waals surface area (Å²) in [7, 11) is 2.20. The van der Waals surface area contributed by atoms with Gasteiger partial charge in [-0.3, -0.25) is 9.80 Å². The molecule has 3 rings (SSSR count). The summed E-state index contributed by atoms with van der Waals surface area (Å²) >= 11 is 0. The molecule has 2 N–H and O–H groups in total. The zero-order valence-corrected chi connectivity index (χ0v) is 15.9. The van der Waals surface area contributed by atoms with Crippen LogP contribution in [0.15, 0.2) is 18.2 Å². The van der Waals surface area contributed by atoms with E-state index in [1.165, 1.54) is 0 Å². The van der Waals surface area contributed by atoms with Crippen LogP contribution in [0, 0.1) is 0 Å². The number of nitrogens with zero attached hydrogens (tertiary/aromatic N) is 3. The van der Waals surface area contributed by atoms with Gasteiger partial charge in [-0.1, -0.05) is 0 Å². The van der Waals surface area contributed by atoms with Crippen LogP contribution < -0.4 is 15.4 Å². The summed E-state index contributed by atoms with van der Waals surface area (Å²) in [5, 5.41) is 0. The average Bonchev–Trinajstić information content (AvgIpc) is 2.61. The lowest BCUT2D eigenvalue weighted by Gasteiger charge is -2.47. The van der Waals surface area contributed by atoms with Crippen LogP contribution in [0.3, 0.4) is 0 Å². The highest BCUT2D eigenvalue weighted by molar-refractivity contribution is 5.62. The molecule has 2 fully saturated rings. The largest absolute Gasteiger partial charge is 0.433 e. The molecule has 2 aliphatic heterocycles. The topological polar surface area (TPSA) is 45.0 Å². The van der Waals surface area contributed by atoms with Crippen molar-refractivity contribution in [2.75, 3.05) is 43.9 Å². The number of ether oxygens (including phenoxy) is 1. The predicted molar refractivity (Wildman–Crippen MR) is 101 cm³/mol. The number of likely N-dealkylation sites (N-methyl/N-ethyl adjacent to an activating group) is 1. The molecule has 26 heavy (non-hydrogen) atoms. The van der Waals surface area contributed by atoms with Gasteiger partial charge in [0.25, 0.3) is 0 Å². The highest BCUT2D eigenvalue weighted by Gasteiger charge is 2.32. The van der Waals surface area contributed by atoms with Crippen molar-refractivity contribution in [3.8, 4) is 5.75 Å². The first-order chi connectivity index (χ1) is 12.3. The Labute approximate surface area is 154 Å². The van der Waals surface area contributed by atoms with Crippen molar-refractivity contribution in [2.45, 2.75) is 51.4 Å². The number of rotatable bonds is 4. The second-order valence-corrected chi connectivity index (χ2v) is 7.64. The van der Waals surface area contributed by atoms with E-state index in [-0.39, 0.29) is 11.4 Å². The third-order valence-electron chi connectivity index (χ3n) is 5.95. The standard InChI is InChI=1S/C19H30F2N4O/c1-13-11-25(12-14(2)23(13)3)15-6-8-24(9-7-15)16-4-5-17(22)18(10-16)26-19(20)21/h4-5,10,13-15,19H,6-9,11-12,22H2,1-3H3/t13-,14-/m1/s1. The Kier molecular flexibility index (Phi) is 5.87. The van der Waals surface area contributed by atoms with Crippen molar-refractivity contribution in [3.05, 3.63) is 18.2 Å². The number of alkyl halides is 2. The van der Waals surface area contributed by atoms with Gasteiger partial charge in [-0.25, -0.2) is 0 Å². The van der Waals surface area contributed by atoms with Gasteiger partial charge in [0.05, 0.1) is 5.69 Å². The first-order valence-electron chi connectivity index (χ1n) is 9.40. The molecule has 2 heterocycles. The van der Waals surface area contributed by atoms with Crippen molar-refractivity contribution in [1.29, 1.82) is 0 Å². The Hall–Kier alpha value is -1.60. The molecule has 7 heteroatoms. The zero-order valence-electron chi connectivity index (χ0n) is 15.9. The number of benzene rings is 1. The smallest absolute Gasteiger partial charge is 0.387 e. The Balaban J connectivity index is 1.60. The van der Waals surface area contributed by atoms with Crippen molar-refractivity contribution in [2.24, 2.45) is 0 Å². The van der Waals surface area contributed by atoms with Crippen molar-refractivity contribution < 1.29 is 13.5 Å². The Morgan fingerprint density at radius 3 is 2.31 bits per heavy atom. The Bertz CT molecular complexity index is 595. The second kappa shape index (κ2) is 7.96. The summed E-state index contributed by atoms with van der Waals surface area (Å²) in [5.74, 6) is 0.0568. The molecule has 2 saturated heterocycles. The molecule has 0 unspecified atom stereocenters. The van der Waals surface area contributed by atoms with E-state index in [4.69, 9.17) is 5.73 Å². The van der Waals surface area contributed by atoms with Gasteiger partial charge in [0.2, 0.25) is 0 Å². The molecule has 0 radical (unpaired) electrons. The van der Waals surface area contributed by atoms with Crippen molar-refractivity contribution >= 4 is 11.4 Å². The fraction of sp³-hybridized carbons (Fsp3) is 0.684. The third-order valence-corrected chi connectivity index (χ3v) is 5.95. The first kappa shape index (κ1) is 19.2. The Morgan fingerprint density at radius 2 is 1.73 bits per heavy atom. The lowest BCUT2D eigenvalue weighted by Crippen LogP contribution is -2.59. The van der Waals surface area contributed by atoms with Gasteiger partial charge in [0.1, 0.15) is 0 Å². The van der Waals surface area contributed by atoms with E-state index in [9.17, 15) is 8.78 Å². The number of piperidine rings is 1. The van der Waals surface area contributed by atoms with Crippen LogP contribution in [-0.4, -0.2) is 67.8 Å². The van der Waals surface area contributed by atoms with Crippen LogP contribution in [0.5, 0.6) is 5.75 Å². The molecule has 1 aromatic rings. The van der Waals surface area contributed by atoms with Gasteiger partial charge in [-0.2, -0.15) is 8.78 Å². The number of anilines is 2.